The van der Waals surface area contributed by atoms with Crippen LogP contribution < -0.4 is 10.6 Å². The van der Waals surface area contributed by atoms with Crippen LogP contribution in [0.2, 0.25) is 0 Å². The maximum absolute atomic E-state index is 12.5. The van der Waals surface area contributed by atoms with E-state index in [4.69, 9.17) is 4.74 Å². The summed E-state index contributed by atoms with van der Waals surface area (Å²) < 4.78 is 9.81. The van der Waals surface area contributed by atoms with Gasteiger partial charge in [0.05, 0.1) is 7.11 Å². The molecule has 0 saturated heterocycles. The molecule has 7 heteroatoms. The summed E-state index contributed by atoms with van der Waals surface area (Å²) in [5, 5.41) is 5.08. The number of amides is 2. The topological polar surface area (TPSA) is 93.7 Å². The van der Waals surface area contributed by atoms with Gasteiger partial charge in [-0.05, 0) is 39.7 Å². The van der Waals surface area contributed by atoms with Crippen molar-refractivity contribution in [2.75, 3.05) is 7.11 Å². The van der Waals surface area contributed by atoms with E-state index in [0.29, 0.717) is 0 Å². The Bertz CT molecular complexity index is 665. The summed E-state index contributed by atoms with van der Waals surface area (Å²) in [6, 6.07) is 7.84. The number of carbonyl (C=O) groups excluding carboxylic acids is 3. The number of nitrogens with one attached hydrogen (secondary N) is 2. The second-order valence-corrected chi connectivity index (χ2v) is 7.00. The van der Waals surface area contributed by atoms with Crippen LogP contribution >= 0.6 is 0 Å². The summed E-state index contributed by atoms with van der Waals surface area (Å²) in [6.07, 6.45) is 3.15. The standard InChI is InChI=1S/C20H28N2O5/c1-14(18(24)26-5)21-17(23)16(22-19(25)27-20(2,3)4)13-9-12-15-10-7-6-8-11-15/h6-12,14,16H,13H2,1-5H3,(H,21,23)(H,22,25)/t14-,16?/m0/s1. The fourth-order valence-electron chi connectivity index (χ4n) is 2.14. The monoisotopic (exact) mass is 376 g/mol. The molecule has 148 valence electrons. The fraction of sp³-hybridized carbons (Fsp3) is 0.450. The number of rotatable bonds is 7. The maximum Gasteiger partial charge on any atom is 0.408 e. The normalized spacial score (nSPS) is 13.5. The van der Waals surface area contributed by atoms with E-state index in [2.05, 4.69) is 15.4 Å². The number of hydrogen-bond acceptors (Lipinski definition) is 5. The zero-order valence-electron chi connectivity index (χ0n) is 16.4. The Hall–Kier alpha value is -2.83. The van der Waals surface area contributed by atoms with E-state index in [1.54, 1.807) is 26.8 Å². The molecule has 2 atom stereocenters. The molecule has 0 aromatic heterocycles. The van der Waals surface area contributed by atoms with E-state index >= 15 is 0 Å². The summed E-state index contributed by atoms with van der Waals surface area (Å²) in [7, 11) is 1.24. The molecule has 0 radical (unpaired) electrons. The second kappa shape index (κ2) is 10.4. The van der Waals surface area contributed by atoms with Crippen LogP contribution in [-0.2, 0) is 19.1 Å². The van der Waals surface area contributed by atoms with Crippen molar-refractivity contribution < 1.29 is 23.9 Å². The van der Waals surface area contributed by atoms with Gasteiger partial charge in [0.25, 0.3) is 0 Å². The average Bonchev–Trinajstić information content (AvgIpc) is 2.59. The smallest absolute Gasteiger partial charge is 0.408 e. The number of methoxy groups -OCH3 is 1. The number of benzene rings is 1. The van der Waals surface area contributed by atoms with Gasteiger partial charge in [0.1, 0.15) is 17.7 Å². The van der Waals surface area contributed by atoms with Crippen molar-refractivity contribution >= 4 is 24.0 Å². The van der Waals surface area contributed by atoms with Crippen molar-refractivity contribution in [3.63, 3.8) is 0 Å². The molecule has 1 aromatic carbocycles. The van der Waals surface area contributed by atoms with Crippen molar-refractivity contribution in [3.05, 3.63) is 42.0 Å². The zero-order valence-corrected chi connectivity index (χ0v) is 16.4. The number of ether oxygens (including phenoxy) is 2. The van der Waals surface area contributed by atoms with Crippen molar-refractivity contribution in [1.82, 2.24) is 10.6 Å². The molecule has 2 amide bonds. The molecule has 27 heavy (non-hydrogen) atoms. The minimum Gasteiger partial charge on any atom is -0.467 e. The van der Waals surface area contributed by atoms with Gasteiger partial charge in [0.15, 0.2) is 0 Å². The zero-order chi connectivity index (χ0) is 20.4. The van der Waals surface area contributed by atoms with E-state index in [9.17, 15) is 14.4 Å². The molecule has 1 unspecified atom stereocenters. The van der Waals surface area contributed by atoms with E-state index in [1.165, 1.54) is 14.0 Å². The Morgan fingerprint density at radius 2 is 1.74 bits per heavy atom. The lowest BCUT2D eigenvalue weighted by atomic mass is 10.1. The van der Waals surface area contributed by atoms with Crippen LogP contribution in [0.1, 0.15) is 39.7 Å². The number of alkyl carbamates (subject to hydrolysis) is 1. The lowest BCUT2D eigenvalue weighted by molar-refractivity contribution is -0.144. The third kappa shape index (κ3) is 8.89. The van der Waals surface area contributed by atoms with Gasteiger partial charge in [-0.15, -0.1) is 0 Å². The summed E-state index contributed by atoms with van der Waals surface area (Å²) >= 11 is 0. The predicted molar refractivity (Wildman–Crippen MR) is 103 cm³/mol. The Kier molecular flexibility index (Phi) is 8.51. The number of hydrogen-bond donors (Lipinski definition) is 2. The number of carbonyl (C=O) groups is 3. The molecule has 1 aromatic rings. The van der Waals surface area contributed by atoms with Gasteiger partial charge in [-0.1, -0.05) is 42.5 Å². The fourth-order valence-corrected chi connectivity index (χ4v) is 2.14. The van der Waals surface area contributed by atoms with Gasteiger partial charge >= 0.3 is 12.1 Å². The van der Waals surface area contributed by atoms with Gasteiger partial charge < -0.3 is 20.1 Å². The SMILES string of the molecule is COC(=O)[C@H](C)NC(=O)C(CC=Cc1ccccc1)NC(=O)OC(C)(C)C. The molecular weight excluding hydrogens is 348 g/mol. The summed E-state index contributed by atoms with van der Waals surface area (Å²) in [4.78, 5) is 36.1. The lowest BCUT2D eigenvalue weighted by Gasteiger charge is -2.23. The van der Waals surface area contributed by atoms with Gasteiger partial charge in [-0.25, -0.2) is 9.59 Å². The van der Waals surface area contributed by atoms with Crippen molar-refractivity contribution in [3.8, 4) is 0 Å². The minimum atomic E-state index is -0.896. The Labute approximate surface area is 160 Å². The Morgan fingerprint density at radius 1 is 1.11 bits per heavy atom. The minimum absolute atomic E-state index is 0.230. The molecule has 1 rings (SSSR count). The first kappa shape index (κ1) is 22.2. The number of esters is 1. The van der Waals surface area contributed by atoms with Crippen LogP contribution in [0.3, 0.4) is 0 Å². The molecule has 0 fully saturated rings. The molecule has 0 spiro atoms. The highest BCUT2D eigenvalue weighted by molar-refractivity contribution is 5.89. The molecule has 7 nitrogen and oxygen atoms in total. The van der Waals surface area contributed by atoms with E-state index in [-0.39, 0.29) is 6.42 Å². The van der Waals surface area contributed by atoms with Gasteiger partial charge in [0, 0.05) is 0 Å². The highest BCUT2D eigenvalue weighted by atomic mass is 16.6. The van der Waals surface area contributed by atoms with Gasteiger partial charge in [0.2, 0.25) is 5.91 Å². The Morgan fingerprint density at radius 3 is 2.30 bits per heavy atom. The third-order valence-electron chi connectivity index (χ3n) is 3.40. The first-order chi connectivity index (χ1) is 12.6. The van der Waals surface area contributed by atoms with Crippen molar-refractivity contribution in [2.45, 2.75) is 51.8 Å². The molecular formula is C20H28N2O5. The summed E-state index contributed by atoms with van der Waals surface area (Å²) in [6.45, 7) is 6.71. The van der Waals surface area contributed by atoms with Crippen molar-refractivity contribution in [1.29, 1.82) is 0 Å². The quantitative estimate of drug-likeness (QED) is 0.714. The molecule has 2 N–H and O–H groups in total. The lowest BCUT2D eigenvalue weighted by Crippen LogP contribution is -2.51. The largest absolute Gasteiger partial charge is 0.467 e. The highest BCUT2D eigenvalue weighted by Gasteiger charge is 2.26. The molecule has 0 saturated carbocycles. The van der Waals surface area contributed by atoms with Crippen molar-refractivity contribution in [2.24, 2.45) is 0 Å². The summed E-state index contributed by atoms with van der Waals surface area (Å²) in [5.74, 6) is -1.07. The van der Waals surface area contributed by atoms with Crippen LogP contribution in [0.25, 0.3) is 6.08 Å². The van der Waals surface area contributed by atoms with Gasteiger partial charge in [-0.2, -0.15) is 0 Å². The molecule has 0 heterocycles. The summed E-state index contributed by atoms with van der Waals surface area (Å²) in [5.41, 5.74) is 0.279. The van der Waals surface area contributed by atoms with Crippen LogP contribution in [0.5, 0.6) is 0 Å². The maximum atomic E-state index is 12.5. The molecule has 0 aliphatic heterocycles. The first-order valence-corrected chi connectivity index (χ1v) is 8.71. The predicted octanol–water partition coefficient (Wildman–Crippen LogP) is 2.66. The molecule has 0 bridgehead atoms. The third-order valence-corrected chi connectivity index (χ3v) is 3.40. The van der Waals surface area contributed by atoms with Crippen LogP contribution in [0, 0.1) is 0 Å². The highest BCUT2D eigenvalue weighted by Crippen LogP contribution is 2.08. The van der Waals surface area contributed by atoms with Crippen LogP contribution in [0.4, 0.5) is 4.79 Å². The van der Waals surface area contributed by atoms with E-state index in [1.807, 2.05) is 36.4 Å². The van der Waals surface area contributed by atoms with E-state index in [0.717, 1.165) is 5.56 Å². The average molecular weight is 376 g/mol. The van der Waals surface area contributed by atoms with E-state index < -0.39 is 35.7 Å². The Balaban J connectivity index is 2.81. The second-order valence-electron chi connectivity index (χ2n) is 7.00. The van der Waals surface area contributed by atoms with Crippen LogP contribution in [-0.4, -0.2) is 42.8 Å². The molecule has 0 aliphatic carbocycles. The van der Waals surface area contributed by atoms with Crippen LogP contribution in [0.15, 0.2) is 36.4 Å². The van der Waals surface area contributed by atoms with Gasteiger partial charge in [-0.3, -0.25) is 4.79 Å². The molecule has 0 aliphatic rings. The first-order valence-electron chi connectivity index (χ1n) is 8.71.